The molecular formula is C12H15ClFNO. The first-order chi connectivity index (χ1) is 7.65. The molecule has 16 heavy (non-hydrogen) atoms. The molecule has 0 aliphatic carbocycles. The third-order valence-corrected chi connectivity index (χ3v) is 3.45. The zero-order chi connectivity index (χ0) is 11.6. The Kier molecular flexibility index (Phi) is 3.47. The molecule has 1 unspecified atom stereocenters. The molecule has 1 aromatic rings. The minimum Gasteiger partial charge on any atom is -0.394 e. The molecule has 88 valence electrons. The summed E-state index contributed by atoms with van der Waals surface area (Å²) in [5.74, 6) is -0.400. The predicted molar refractivity (Wildman–Crippen MR) is 62.2 cm³/mol. The third kappa shape index (κ3) is 2.37. The van der Waals surface area contributed by atoms with Crippen LogP contribution in [-0.4, -0.2) is 23.8 Å². The van der Waals surface area contributed by atoms with Crippen molar-refractivity contribution in [3.63, 3.8) is 0 Å². The number of hydrogen-bond acceptors (Lipinski definition) is 2. The van der Waals surface area contributed by atoms with E-state index in [-0.39, 0.29) is 17.2 Å². The summed E-state index contributed by atoms with van der Waals surface area (Å²) in [5.41, 5.74) is 0.705. The van der Waals surface area contributed by atoms with Crippen molar-refractivity contribution in [1.82, 2.24) is 5.32 Å². The van der Waals surface area contributed by atoms with Crippen LogP contribution in [0.25, 0.3) is 0 Å². The van der Waals surface area contributed by atoms with Gasteiger partial charge in [-0.2, -0.15) is 0 Å². The lowest BCUT2D eigenvalue weighted by Crippen LogP contribution is -2.45. The molecule has 0 saturated carbocycles. The monoisotopic (exact) mass is 243 g/mol. The lowest BCUT2D eigenvalue weighted by molar-refractivity contribution is 0.177. The minimum atomic E-state index is -0.400. The Hall–Kier alpha value is -0.640. The predicted octanol–water partition coefficient (Wildman–Crippen LogP) is 2.14. The summed E-state index contributed by atoms with van der Waals surface area (Å²) in [5, 5.41) is 12.9. The number of hydrogen-bond donors (Lipinski definition) is 2. The highest BCUT2D eigenvalue weighted by Crippen LogP contribution is 2.25. The van der Waals surface area contributed by atoms with Crippen LogP contribution in [0.4, 0.5) is 4.39 Å². The van der Waals surface area contributed by atoms with Gasteiger partial charge in [-0.25, -0.2) is 4.39 Å². The highest BCUT2D eigenvalue weighted by Gasteiger charge is 2.32. The smallest absolute Gasteiger partial charge is 0.141 e. The van der Waals surface area contributed by atoms with Crippen LogP contribution < -0.4 is 5.32 Å². The second-order valence-electron chi connectivity index (χ2n) is 4.39. The van der Waals surface area contributed by atoms with Gasteiger partial charge in [0.05, 0.1) is 11.6 Å². The fourth-order valence-corrected chi connectivity index (χ4v) is 2.45. The van der Waals surface area contributed by atoms with Crippen LogP contribution in [0, 0.1) is 5.82 Å². The van der Waals surface area contributed by atoms with E-state index in [1.54, 1.807) is 12.1 Å². The summed E-state index contributed by atoms with van der Waals surface area (Å²) in [7, 11) is 0. The number of aliphatic hydroxyl groups is 1. The number of halogens is 2. The summed E-state index contributed by atoms with van der Waals surface area (Å²) >= 11 is 5.73. The van der Waals surface area contributed by atoms with Crippen molar-refractivity contribution in [1.29, 1.82) is 0 Å². The molecule has 2 rings (SSSR count). The second-order valence-corrected chi connectivity index (χ2v) is 4.80. The molecule has 4 heteroatoms. The Bertz CT molecular complexity index is 377. The van der Waals surface area contributed by atoms with Crippen molar-refractivity contribution in [2.45, 2.75) is 24.8 Å². The molecule has 1 saturated heterocycles. The van der Waals surface area contributed by atoms with Gasteiger partial charge in [0.1, 0.15) is 5.82 Å². The van der Waals surface area contributed by atoms with Crippen LogP contribution in [-0.2, 0) is 6.42 Å². The molecule has 1 heterocycles. The summed E-state index contributed by atoms with van der Waals surface area (Å²) in [6.45, 7) is 1.03. The summed E-state index contributed by atoms with van der Waals surface area (Å²) in [4.78, 5) is 0. The van der Waals surface area contributed by atoms with Crippen molar-refractivity contribution in [2.24, 2.45) is 0 Å². The van der Waals surface area contributed by atoms with E-state index < -0.39 is 5.82 Å². The van der Waals surface area contributed by atoms with Gasteiger partial charge in [0.2, 0.25) is 0 Å². The van der Waals surface area contributed by atoms with Crippen LogP contribution in [0.1, 0.15) is 18.4 Å². The van der Waals surface area contributed by atoms with Gasteiger partial charge in [-0.1, -0.05) is 17.7 Å². The largest absolute Gasteiger partial charge is 0.394 e. The molecule has 2 nitrogen and oxygen atoms in total. The summed E-state index contributed by atoms with van der Waals surface area (Å²) in [6, 6.07) is 4.73. The average molecular weight is 244 g/mol. The highest BCUT2D eigenvalue weighted by atomic mass is 35.5. The topological polar surface area (TPSA) is 32.3 Å². The maximum atomic E-state index is 13.0. The SMILES string of the molecule is OCC1(Cc2ccc(F)c(Cl)c2)CCCN1. The zero-order valence-corrected chi connectivity index (χ0v) is 9.73. The molecule has 0 aromatic heterocycles. The van der Waals surface area contributed by atoms with E-state index in [0.717, 1.165) is 24.9 Å². The molecule has 1 aliphatic heterocycles. The quantitative estimate of drug-likeness (QED) is 0.853. The van der Waals surface area contributed by atoms with Crippen molar-refractivity contribution < 1.29 is 9.50 Å². The number of aliphatic hydroxyl groups excluding tert-OH is 1. The number of nitrogens with one attached hydrogen (secondary N) is 1. The van der Waals surface area contributed by atoms with E-state index in [1.807, 2.05) is 0 Å². The van der Waals surface area contributed by atoms with Gasteiger partial charge in [0, 0.05) is 5.54 Å². The fraction of sp³-hybridized carbons (Fsp3) is 0.500. The van der Waals surface area contributed by atoms with E-state index in [1.165, 1.54) is 6.07 Å². The molecule has 0 bridgehead atoms. The molecule has 1 aliphatic rings. The van der Waals surface area contributed by atoms with Gasteiger partial charge in [0.25, 0.3) is 0 Å². The number of rotatable bonds is 3. The zero-order valence-electron chi connectivity index (χ0n) is 8.97. The minimum absolute atomic E-state index is 0.0992. The van der Waals surface area contributed by atoms with E-state index in [9.17, 15) is 9.50 Å². The van der Waals surface area contributed by atoms with E-state index in [2.05, 4.69) is 5.32 Å². The molecule has 2 N–H and O–H groups in total. The maximum Gasteiger partial charge on any atom is 0.141 e. The summed E-state index contributed by atoms with van der Waals surface area (Å²) < 4.78 is 13.0. The molecule has 0 spiro atoms. The fourth-order valence-electron chi connectivity index (χ4n) is 2.25. The Morgan fingerprint density at radius 2 is 2.31 bits per heavy atom. The lowest BCUT2D eigenvalue weighted by Gasteiger charge is -2.27. The third-order valence-electron chi connectivity index (χ3n) is 3.16. The molecule has 0 amide bonds. The average Bonchev–Trinajstić information content (AvgIpc) is 2.73. The van der Waals surface area contributed by atoms with E-state index in [0.29, 0.717) is 6.42 Å². The van der Waals surface area contributed by atoms with Crippen LogP contribution in [0.5, 0.6) is 0 Å². The Labute approximate surface area is 99.4 Å². The van der Waals surface area contributed by atoms with Crippen molar-refractivity contribution >= 4 is 11.6 Å². The molecule has 1 atom stereocenters. The Morgan fingerprint density at radius 1 is 1.50 bits per heavy atom. The van der Waals surface area contributed by atoms with Gasteiger partial charge >= 0.3 is 0 Å². The van der Waals surface area contributed by atoms with Gasteiger partial charge in [0.15, 0.2) is 0 Å². The van der Waals surface area contributed by atoms with E-state index >= 15 is 0 Å². The molecule has 1 aromatic carbocycles. The summed E-state index contributed by atoms with van der Waals surface area (Å²) in [6.07, 6.45) is 2.69. The van der Waals surface area contributed by atoms with Gasteiger partial charge in [-0.05, 0) is 43.5 Å². The second kappa shape index (κ2) is 4.70. The van der Waals surface area contributed by atoms with Crippen molar-refractivity contribution in [3.8, 4) is 0 Å². The molecule has 0 radical (unpaired) electrons. The van der Waals surface area contributed by atoms with E-state index in [4.69, 9.17) is 11.6 Å². The normalized spacial score (nSPS) is 24.9. The first kappa shape index (κ1) is 11.8. The first-order valence-electron chi connectivity index (χ1n) is 5.45. The van der Waals surface area contributed by atoms with Crippen LogP contribution in [0.2, 0.25) is 5.02 Å². The highest BCUT2D eigenvalue weighted by molar-refractivity contribution is 6.30. The lowest BCUT2D eigenvalue weighted by atomic mass is 9.90. The van der Waals surface area contributed by atoms with Crippen LogP contribution >= 0.6 is 11.6 Å². The Morgan fingerprint density at radius 3 is 2.88 bits per heavy atom. The van der Waals surface area contributed by atoms with Gasteiger partial charge in [-0.3, -0.25) is 0 Å². The van der Waals surface area contributed by atoms with Crippen molar-refractivity contribution in [2.75, 3.05) is 13.2 Å². The first-order valence-corrected chi connectivity index (χ1v) is 5.83. The van der Waals surface area contributed by atoms with Crippen molar-refractivity contribution in [3.05, 3.63) is 34.6 Å². The van der Waals surface area contributed by atoms with Gasteiger partial charge < -0.3 is 10.4 Å². The number of benzene rings is 1. The maximum absolute atomic E-state index is 13.0. The Balaban J connectivity index is 2.16. The van der Waals surface area contributed by atoms with Crippen LogP contribution in [0.15, 0.2) is 18.2 Å². The van der Waals surface area contributed by atoms with Gasteiger partial charge in [-0.15, -0.1) is 0 Å². The standard InChI is InChI=1S/C12H15ClFNO/c13-10-6-9(2-3-11(10)14)7-12(8-16)4-1-5-15-12/h2-3,6,15-16H,1,4-5,7-8H2. The molecular weight excluding hydrogens is 229 g/mol. The molecule has 1 fully saturated rings. The van der Waals surface area contributed by atoms with Crippen LogP contribution in [0.3, 0.4) is 0 Å².